The summed E-state index contributed by atoms with van der Waals surface area (Å²) in [6.45, 7) is 1.73. The van der Waals surface area contributed by atoms with E-state index in [0.29, 0.717) is 25.3 Å². The second-order valence-corrected chi connectivity index (χ2v) is 4.44. The quantitative estimate of drug-likeness (QED) is 0.427. The van der Waals surface area contributed by atoms with Gasteiger partial charge < -0.3 is 26.2 Å². The molecule has 2 rings (SSSR count). The third kappa shape index (κ3) is 3.59. The number of nitrogens with two attached hydrogens (primary N) is 1. The van der Waals surface area contributed by atoms with Crippen molar-refractivity contribution in [1.29, 1.82) is 0 Å². The van der Waals surface area contributed by atoms with E-state index >= 15 is 0 Å². The lowest BCUT2D eigenvalue weighted by Crippen LogP contribution is -2.09. The number of nitrogens with one attached hydrogen (secondary N) is 2. The van der Waals surface area contributed by atoms with Crippen LogP contribution in [0, 0.1) is 0 Å². The van der Waals surface area contributed by atoms with Crippen LogP contribution in [0.4, 0.5) is 17.1 Å². The molecule has 1 aliphatic rings. The summed E-state index contributed by atoms with van der Waals surface area (Å²) in [7, 11) is 0. The number of ether oxygens (including phenoxy) is 1. The number of nitrogen functional groups attached to an aromatic ring is 1. The van der Waals surface area contributed by atoms with Crippen LogP contribution in [-0.2, 0) is 16.0 Å². The molecule has 6 heteroatoms. The average Bonchev–Trinajstić information content (AvgIpc) is 2.72. The van der Waals surface area contributed by atoms with E-state index in [2.05, 4.69) is 10.6 Å². The Hall–Kier alpha value is -1.79. The third-order valence-corrected chi connectivity index (χ3v) is 2.92. The molecule has 0 spiro atoms. The second-order valence-electron chi connectivity index (χ2n) is 4.44. The first-order chi connectivity index (χ1) is 9.20. The minimum atomic E-state index is 0.00366. The van der Waals surface area contributed by atoms with Crippen LogP contribution in [0.3, 0.4) is 0 Å². The summed E-state index contributed by atoms with van der Waals surface area (Å²) in [5.74, 6) is 0.00366. The van der Waals surface area contributed by atoms with E-state index < -0.39 is 0 Å². The molecule has 19 heavy (non-hydrogen) atoms. The van der Waals surface area contributed by atoms with Gasteiger partial charge in [-0.1, -0.05) is 0 Å². The zero-order valence-corrected chi connectivity index (χ0v) is 10.7. The number of carbonyl (C=O) groups excluding carboxylic acids is 1. The number of rotatable bonds is 7. The molecular weight excluding hydrogens is 246 g/mol. The monoisotopic (exact) mass is 265 g/mol. The van der Waals surface area contributed by atoms with Crippen molar-refractivity contribution >= 4 is 23.0 Å². The van der Waals surface area contributed by atoms with Crippen LogP contribution < -0.4 is 16.4 Å². The number of benzene rings is 1. The van der Waals surface area contributed by atoms with Gasteiger partial charge in [-0.3, -0.25) is 4.79 Å². The molecule has 6 nitrogen and oxygen atoms in total. The SMILES string of the molecule is Nc1cc2c(cc1NCCCOCCO)NC(=O)C2. The van der Waals surface area contributed by atoms with Gasteiger partial charge in [-0.25, -0.2) is 0 Å². The fraction of sp³-hybridized carbons (Fsp3) is 0.462. The number of hydrogen-bond acceptors (Lipinski definition) is 5. The minimum Gasteiger partial charge on any atom is -0.397 e. The van der Waals surface area contributed by atoms with Crippen LogP contribution in [0.2, 0.25) is 0 Å². The van der Waals surface area contributed by atoms with Gasteiger partial charge in [0, 0.05) is 18.8 Å². The topological polar surface area (TPSA) is 96.6 Å². The Kier molecular flexibility index (Phi) is 4.59. The Morgan fingerprint density at radius 3 is 3.05 bits per heavy atom. The van der Waals surface area contributed by atoms with Crippen LogP contribution in [0.5, 0.6) is 0 Å². The van der Waals surface area contributed by atoms with Crippen molar-refractivity contribution in [2.45, 2.75) is 12.8 Å². The van der Waals surface area contributed by atoms with Gasteiger partial charge in [-0.2, -0.15) is 0 Å². The van der Waals surface area contributed by atoms with Crippen LogP contribution in [0.1, 0.15) is 12.0 Å². The lowest BCUT2D eigenvalue weighted by atomic mass is 10.1. The van der Waals surface area contributed by atoms with Crippen LogP contribution in [-0.4, -0.2) is 37.4 Å². The molecule has 104 valence electrons. The van der Waals surface area contributed by atoms with E-state index in [-0.39, 0.29) is 12.5 Å². The molecule has 0 bridgehead atoms. The van der Waals surface area contributed by atoms with E-state index in [0.717, 1.165) is 29.9 Å². The molecular formula is C13H19N3O3. The number of anilines is 3. The highest BCUT2D eigenvalue weighted by Crippen LogP contribution is 2.31. The summed E-state index contributed by atoms with van der Waals surface area (Å²) in [6.07, 6.45) is 1.22. The van der Waals surface area contributed by atoms with Crippen LogP contribution in [0.15, 0.2) is 12.1 Å². The summed E-state index contributed by atoms with van der Waals surface area (Å²) < 4.78 is 5.16. The molecule has 1 aromatic carbocycles. The first-order valence-corrected chi connectivity index (χ1v) is 6.35. The summed E-state index contributed by atoms with van der Waals surface area (Å²) >= 11 is 0. The number of carbonyl (C=O) groups is 1. The van der Waals surface area contributed by atoms with Gasteiger partial charge in [0.05, 0.1) is 31.0 Å². The van der Waals surface area contributed by atoms with E-state index in [4.69, 9.17) is 15.6 Å². The van der Waals surface area contributed by atoms with Gasteiger partial charge in [0.2, 0.25) is 5.91 Å². The molecule has 5 N–H and O–H groups in total. The molecule has 0 unspecified atom stereocenters. The second kappa shape index (κ2) is 6.40. The van der Waals surface area contributed by atoms with Crippen molar-refractivity contribution < 1.29 is 14.6 Å². The zero-order chi connectivity index (χ0) is 13.7. The molecule has 0 aromatic heterocycles. The smallest absolute Gasteiger partial charge is 0.228 e. The van der Waals surface area contributed by atoms with Crippen molar-refractivity contribution in [1.82, 2.24) is 0 Å². The van der Waals surface area contributed by atoms with Gasteiger partial charge >= 0.3 is 0 Å². The minimum absolute atomic E-state index is 0.00366. The highest BCUT2D eigenvalue weighted by atomic mass is 16.5. The number of aliphatic hydroxyl groups is 1. The molecule has 0 radical (unpaired) electrons. The summed E-state index contributed by atoms with van der Waals surface area (Å²) in [5, 5.41) is 14.6. The zero-order valence-electron chi connectivity index (χ0n) is 10.7. The highest BCUT2D eigenvalue weighted by molar-refractivity contribution is 6.00. The van der Waals surface area contributed by atoms with E-state index in [1.54, 1.807) is 0 Å². The van der Waals surface area contributed by atoms with Crippen molar-refractivity contribution in [2.24, 2.45) is 0 Å². The molecule has 0 saturated carbocycles. The largest absolute Gasteiger partial charge is 0.397 e. The Morgan fingerprint density at radius 1 is 1.42 bits per heavy atom. The van der Waals surface area contributed by atoms with Crippen molar-refractivity contribution in [3.05, 3.63) is 17.7 Å². The highest BCUT2D eigenvalue weighted by Gasteiger charge is 2.18. The molecule has 1 aromatic rings. The predicted octanol–water partition coefficient (Wildman–Crippen LogP) is 0.574. The average molecular weight is 265 g/mol. The van der Waals surface area contributed by atoms with Gasteiger partial charge in [0.1, 0.15) is 0 Å². The maximum absolute atomic E-state index is 11.3. The molecule has 1 heterocycles. The molecule has 0 atom stereocenters. The molecule has 1 amide bonds. The predicted molar refractivity (Wildman–Crippen MR) is 74.2 cm³/mol. The van der Waals surface area contributed by atoms with Crippen molar-refractivity contribution in [2.75, 3.05) is 42.7 Å². The number of aliphatic hydroxyl groups excluding tert-OH is 1. The maximum Gasteiger partial charge on any atom is 0.228 e. The fourth-order valence-corrected chi connectivity index (χ4v) is 2.01. The number of amides is 1. The molecule has 0 fully saturated rings. The molecule has 0 saturated heterocycles. The van der Waals surface area contributed by atoms with Crippen LogP contribution >= 0.6 is 0 Å². The Labute approximate surface area is 111 Å². The van der Waals surface area contributed by atoms with Gasteiger partial charge in [-0.05, 0) is 24.1 Å². The van der Waals surface area contributed by atoms with Crippen LogP contribution in [0.25, 0.3) is 0 Å². The Balaban J connectivity index is 1.84. The first kappa shape index (κ1) is 13.6. The van der Waals surface area contributed by atoms with Crippen molar-refractivity contribution in [3.63, 3.8) is 0 Å². The van der Waals surface area contributed by atoms with E-state index in [1.165, 1.54) is 0 Å². The molecule has 1 aliphatic heterocycles. The summed E-state index contributed by atoms with van der Waals surface area (Å²) in [5.41, 5.74) is 9.18. The summed E-state index contributed by atoms with van der Waals surface area (Å²) in [4.78, 5) is 11.3. The number of fused-ring (bicyclic) bond motifs is 1. The van der Waals surface area contributed by atoms with Gasteiger partial charge in [0.25, 0.3) is 0 Å². The third-order valence-electron chi connectivity index (χ3n) is 2.92. The molecule has 0 aliphatic carbocycles. The maximum atomic E-state index is 11.3. The van der Waals surface area contributed by atoms with Gasteiger partial charge in [-0.15, -0.1) is 0 Å². The van der Waals surface area contributed by atoms with Gasteiger partial charge in [0.15, 0.2) is 0 Å². The first-order valence-electron chi connectivity index (χ1n) is 6.35. The number of hydrogen-bond donors (Lipinski definition) is 4. The summed E-state index contributed by atoms with van der Waals surface area (Å²) in [6, 6.07) is 3.70. The van der Waals surface area contributed by atoms with E-state index in [1.807, 2.05) is 12.1 Å². The Morgan fingerprint density at radius 2 is 2.26 bits per heavy atom. The van der Waals surface area contributed by atoms with E-state index in [9.17, 15) is 4.79 Å². The lowest BCUT2D eigenvalue weighted by molar-refractivity contribution is -0.115. The standard InChI is InChI=1S/C13H19N3O3/c14-10-6-9-7-13(18)16-11(9)8-12(10)15-2-1-4-19-5-3-17/h6,8,15,17H,1-5,7,14H2,(H,16,18). The normalized spacial score (nSPS) is 13.2. The van der Waals surface area contributed by atoms with Crippen molar-refractivity contribution in [3.8, 4) is 0 Å². The lowest BCUT2D eigenvalue weighted by Gasteiger charge is -2.11. The fourth-order valence-electron chi connectivity index (χ4n) is 2.01. The Bertz CT molecular complexity index is 463.